The molecule has 0 saturated carbocycles. The maximum Gasteiger partial charge on any atom is 0.152 e. The fraction of sp³-hybridized carbons (Fsp3) is 0.200. The summed E-state index contributed by atoms with van der Waals surface area (Å²) in [4.78, 5) is 4.35. The van der Waals surface area contributed by atoms with Gasteiger partial charge in [0.15, 0.2) is 5.82 Å². The minimum absolute atomic E-state index is 0.294. The lowest BCUT2D eigenvalue weighted by Crippen LogP contribution is -2.07. The van der Waals surface area contributed by atoms with Gasteiger partial charge < -0.3 is 10.4 Å². The zero-order chi connectivity index (χ0) is 13.9. The van der Waals surface area contributed by atoms with Gasteiger partial charge in [0.1, 0.15) is 11.3 Å². The molecule has 3 aromatic rings. The Morgan fingerprint density at radius 1 is 1.25 bits per heavy atom. The predicted molar refractivity (Wildman–Crippen MR) is 78.0 cm³/mol. The van der Waals surface area contributed by atoms with Crippen LogP contribution in [0.4, 0.5) is 5.82 Å². The van der Waals surface area contributed by atoms with E-state index in [0.717, 1.165) is 30.0 Å². The molecule has 0 amide bonds. The fourth-order valence-electron chi connectivity index (χ4n) is 2.17. The third-order valence-electron chi connectivity index (χ3n) is 3.15. The number of anilines is 1. The van der Waals surface area contributed by atoms with E-state index in [1.165, 1.54) is 5.56 Å². The first-order chi connectivity index (χ1) is 9.72. The number of aromatic hydroxyl groups is 1. The number of fused-ring (bicyclic) bond motifs is 1. The van der Waals surface area contributed by atoms with Crippen molar-refractivity contribution in [2.75, 3.05) is 11.9 Å². The Labute approximate surface area is 116 Å². The average molecular weight is 268 g/mol. The van der Waals surface area contributed by atoms with E-state index >= 15 is 0 Å². The van der Waals surface area contributed by atoms with E-state index in [9.17, 15) is 5.11 Å². The number of phenols is 1. The molecule has 0 saturated heterocycles. The minimum Gasteiger partial charge on any atom is -0.508 e. The van der Waals surface area contributed by atoms with Gasteiger partial charge in [0, 0.05) is 18.9 Å². The highest BCUT2D eigenvalue weighted by molar-refractivity contribution is 5.67. The normalized spacial score (nSPS) is 10.8. The lowest BCUT2D eigenvalue weighted by Gasteiger charge is -2.07. The molecule has 0 unspecified atom stereocenters. The van der Waals surface area contributed by atoms with Gasteiger partial charge in [0.2, 0.25) is 0 Å². The van der Waals surface area contributed by atoms with Crippen molar-refractivity contribution in [1.82, 2.24) is 14.6 Å². The largest absolute Gasteiger partial charge is 0.508 e. The highest BCUT2D eigenvalue weighted by Crippen LogP contribution is 2.15. The van der Waals surface area contributed by atoms with Crippen LogP contribution in [0, 0.1) is 6.92 Å². The minimum atomic E-state index is 0.294. The first-order valence-corrected chi connectivity index (χ1v) is 6.55. The molecule has 20 heavy (non-hydrogen) atoms. The zero-order valence-electron chi connectivity index (χ0n) is 11.2. The van der Waals surface area contributed by atoms with E-state index in [1.54, 1.807) is 18.3 Å². The van der Waals surface area contributed by atoms with Gasteiger partial charge in [-0.3, -0.25) is 0 Å². The molecular weight excluding hydrogens is 252 g/mol. The summed E-state index contributed by atoms with van der Waals surface area (Å²) in [5.41, 5.74) is 3.13. The molecule has 0 aliphatic carbocycles. The molecule has 3 rings (SSSR count). The zero-order valence-corrected chi connectivity index (χ0v) is 11.2. The summed E-state index contributed by atoms with van der Waals surface area (Å²) in [7, 11) is 0. The standard InChI is InChI=1S/C15H16N4O/c1-11-10-14-15(17-8-9-19(14)18-11)16-7-6-12-2-4-13(20)5-3-12/h2-5,8-10,20H,6-7H2,1H3,(H,16,17). The van der Waals surface area contributed by atoms with Gasteiger partial charge in [-0.2, -0.15) is 5.10 Å². The maximum atomic E-state index is 9.25. The molecular formula is C15H16N4O. The topological polar surface area (TPSA) is 62.5 Å². The summed E-state index contributed by atoms with van der Waals surface area (Å²) in [5.74, 6) is 1.13. The number of nitrogens with one attached hydrogen (secondary N) is 1. The van der Waals surface area contributed by atoms with Crippen LogP contribution in [0.15, 0.2) is 42.7 Å². The number of rotatable bonds is 4. The van der Waals surface area contributed by atoms with Crippen molar-refractivity contribution in [3.63, 3.8) is 0 Å². The Balaban J connectivity index is 1.69. The van der Waals surface area contributed by atoms with Gasteiger partial charge in [-0.05, 0) is 37.1 Å². The van der Waals surface area contributed by atoms with Crippen molar-refractivity contribution in [2.24, 2.45) is 0 Å². The van der Waals surface area contributed by atoms with Crippen molar-refractivity contribution in [2.45, 2.75) is 13.3 Å². The van der Waals surface area contributed by atoms with Crippen LogP contribution < -0.4 is 5.32 Å². The van der Waals surface area contributed by atoms with Crippen LogP contribution in [0.1, 0.15) is 11.3 Å². The van der Waals surface area contributed by atoms with Gasteiger partial charge in [0.05, 0.1) is 5.69 Å². The summed E-state index contributed by atoms with van der Waals surface area (Å²) >= 11 is 0. The Hall–Kier alpha value is -2.56. The predicted octanol–water partition coefficient (Wildman–Crippen LogP) is 2.40. The number of benzene rings is 1. The number of aromatic nitrogens is 3. The van der Waals surface area contributed by atoms with E-state index in [0.29, 0.717) is 5.75 Å². The monoisotopic (exact) mass is 268 g/mol. The van der Waals surface area contributed by atoms with Crippen LogP contribution in [0.2, 0.25) is 0 Å². The Morgan fingerprint density at radius 3 is 2.85 bits per heavy atom. The molecule has 0 atom stereocenters. The van der Waals surface area contributed by atoms with Crippen molar-refractivity contribution in [1.29, 1.82) is 0 Å². The summed E-state index contributed by atoms with van der Waals surface area (Å²) in [6, 6.07) is 9.27. The quantitative estimate of drug-likeness (QED) is 0.762. The van der Waals surface area contributed by atoms with Gasteiger partial charge in [-0.15, -0.1) is 0 Å². The average Bonchev–Trinajstić information content (AvgIpc) is 2.82. The van der Waals surface area contributed by atoms with Gasteiger partial charge in [-0.25, -0.2) is 9.50 Å². The molecule has 0 aliphatic heterocycles. The van der Waals surface area contributed by atoms with Gasteiger partial charge >= 0.3 is 0 Å². The lowest BCUT2D eigenvalue weighted by molar-refractivity contribution is 0.475. The Kier molecular flexibility index (Phi) is 3.25. The van der Waals surface area contributed by atoms with Crippen molar-refractivity contribution >= 4 is 11.3 Å². The number of nitrogens with zero attached hydrogens (tertiary/aromatic N) is 3. The molecule has 5 heteroatoms. The van der Waals surface area contributed by atoms with Gasteiger partial charge in [0.25, 0.3) is 0 Å². The molecule has 5 nitrogen and oxygen atoms in total. The van der Waals surface area contributed by atoms with E-state index in [4.69, 9.17) is 0 Å². The first-order valence-electron chi connectivity index (χ1n) is 6.55. The summed E-state index contributed by atoms with van der Waals surface area (Å²) in [5, 5.41) is 16.9. The number of phenolic OH excluding ortho intramolecular Hbond substituents is 1. The van der Waals surface area contributed by atoms with Gasteiger partial charge in [-0.1, -0.05) is 12.1 Å². The van der Waals surface area contributed by atoms with E-state index in [1.807, 2.05) is 35.8 Å². The van der Waals surface area contributed by atoms with Crippen molar-refractivity contribution < 1.29 is 5.11 Å². The molecule has 102 valence electrons. The molecule has 0 spiro atoms. The van der Waals surface area contributed by atoms with E-state index in [2.05, 4.69) is 15.4 Å². The molecule has 0 radical (unpaired) electrons. The summed E-state index contributed by atoms with van der Waals surface area (Å²) in [6.45, 7) is 2.74. The molecule has 2 aromatic heterocycles. The van der Waals surface area contributed by atoms with Crippen LogP contribution in [-0.4, -0.2) is 26.2 Å². The second-order valence-electron chi connectivity index (χ2n) is 4.73. The molecule has 0 fully saturated rings. The summed E-state index contributed by atoms with van der Waals surface area (Å²) in [6.07, 6.45) is 4.45. The molecule has 0 bridgehead atoms. The highest BCUT2D eigenvalue weighted by Gasteiger charge is 2.04. The number of hydrogen-bond acceptors (Lipinski definition) is 4. The van der Waals surface area contributed by atoms with Crippen molar-refractivity contribution in [3.05, 3.63) is 54.0 Å². The second-order valence-corrected chi connectivity index (χ2v) is 4.73. The number of hydrogen-bond donors (Lipinski definition) is 2. The SMILES string of the molecule is Cc1cc2c(NCCc3ccc(O)cc3)nccn2n1. The molecule has 0 aliphatic rings. The maximum absolute atomic E-state index is 9.25. The molecule has 1 aromatic carbocycles. The van der Waals surface area contributed by atoms with Crippen LogP contribution in [-0.2, 0) is 6.42 Å². The van der Waals surface area contributed by atoms with E-state index < -0.39 is 0 Å². The van der Waals surface area contributed by atoms with Crippen molar-refractivity contribution in [3.8, 4) is 5.75 Å². The summed E-state index contributed by atoms with van der Waals surface area (Å²) < 4.78 is 1.82. The lowest BCUT2D eigenvalue weighted by atomic mass is 10.1. The smallest absolute Gasteiger partial charge is 0.152 e. The second kappa shape index (κ2) is 5.21. The van der Waals surface area contributed by atoms with E-state index in [-0.39, 0.29) is 0 Å². The third kappa shape index (κ3) is 2.56. The van der Waals surface area contributed by atoms with Crippen LogP contribution in [0.5, 0.6) is 5.75 Å². The fourth-order valence-corrected chi connectivity index (χ4v) is 2.17. The highest BCUT2D eigenvalue weighted by atomic mass is 16.3. The number of aryl methyl sites for hydroxylation is 1. The Bertz CT molecular complexity index is 718. The van der Waals surface area contributed by atoms with Crippen LogP contribution in [0.3, 0.4) is 0 Å². The molecule has 2 N–H and O–H groups in total. The Morgan fingerprint density at radius 2 is 2.05 bits per heavy atom. The van der Waals surface area contributed by atoms with Crippen LogP contribution >= 0.6 is 0 Å². The van der Waals surface area contributed by atoms with Crippen LogP contribution in [0.25, 0.3) is 5.52 Å². The molecule has 2 heterocycles. The first kappa shape index (κ1) is 12.5. The third-order valence-corrected chi connectivity index (χ3v) is 3.15.